The molecule has 0 bridgehead atoms. The number of nitrogens with two attached hydrogens (primary N) is 1. The van der Waals surface area contributed by atoms with Crippen molar-refractivity contribution in [1.29, 1.82) is 0 Å². The topological polar surface area (TPSA) is 87.0 Å². The van der Waals surface area contributed by atoms with E-state index in [2.05, 4.69) is 5.10 Å². The van der Waals surface area contributed by atoms with Crippen LogP contribution in [0.4, 0.5) is 5.82 Å². The Kier molecular flexibility index (Phi) is 4.68. The van der Waals surface area contributed by atoms with E-state index in [4.69, 9.17) is 17.3 Å². The zero-order chi connectivity index (χ0) is 9.14. The van der Waals surface area contributed by atoms with E-state index in [9.17, 15) is 10.1 Å². The van der Waals surface area contributed by atoms with Crippen LogP contribution in [-0.4, -0.2) is 21.2 Å². The van der Waals surface area contributed by atoms with Gasteiger partial charge in [0.2, 0.25) is 0 Å². The lowest BCUT2D eigenvalue weighted by molar-refractivity contribution is -0.389. The van der Waals surface area contributed by atoms with Crippen LogP contribution >= 0.6 is 24.0 Å². The largest absolute Gasteiger partial charge is 0.408 e. The van der Waals surface area contributed by atoms with Gasteiger partial charge in [0.25, 0.3) is 0 Å². The van der Waals surface area contributed by atoms with Gasteiger partial charge >= 0.3 is 5.82 Å². The SMILES string of the molecule is Cl.NCCn1cc(Cl)c([N+](=O)[O-])n1. The van der Waals surface area contributed by atoms with E-state index in [0.29, 0.717) is 13.1 Å². The second-order valence-electron chi connectivity index (χ2n) is 2.11. The summed E-state index contributed by atoms with van der Waals surface area (Å²) < 4.78 is 1.35. The van der Waals surface area contributed by atoms with Crippen molar-refractivity contribution in [2.45, 2.75) is 6.54 Å². The van der Waals surface area contributed by atoms with Crippen molar-refractivity contribution in [2.75, 3.05) is 6.54 Å². The first-order valence-corrected chi connectivity index (χ1v) is 3.60. The van der Waals surface area contributed by atoms with Crippen LogP contribution in [0.5, 0.6) is 0 Å². The fourth-order valence-corrected chi connectivity index (χ4v) is 0.977. The number of nitro groups is 1. The molecular weight excluding hydrogens is 219 g/mol. The van der Waals surface area contributed by atoms with E-state index < -0.39 is 4.92 Å². The minimum Gasteiger partial charge on any atom is -0.358 e. The number of rotatable bonds is 3. The summed E-state index contributed by atoms with van der Waals surface area (Å²) in [7, 11) is 0. The fraction of sp³-hybridized carbons (Fsp3) is 0.400. The fourth-order valence-electron chi connectivity index (χ4n) is 0.757. The highest BCUT2D eigenvalue weighted by Crippen LogP contribution is 2.20. The van der Waals surface area contributed by atoms with Gasteiger partial charge in [-0.2, -0.15) is 4.68 Å². The number of halogens is 2. The molecule has 1 rings (SSSR count). The Bertz CT molecular complexity index is 301. The minimum atomic E-state index is -0.630. The maximum Gasteiger partial charge on any atom is 0.408 e. The van der Waals surface area contributed by atoms with Gasteiger partial charge in [-0.1, -0.05) is 11.6 Å². The van der Waals surface area contributed by atoms with Crippen LogP contribution in [0.3, 0.4) is 0 Å². The van der Waals surface area contributed by atoms with Crippen LogP contribution in [0, 0.1) is 10.1 Å². The first-order valence-electron chi connectivity index (χ1n) is 3.22. The van der Waals surface area contributed by atoms with E-state index in [1.807, 2.05) is 0 Å². The molecule has 0 saturated carbocycles. The molecule has 0 radical (unpaired) electrons. The van der Waals surface area contributed by atoms with E-state index in [1.165, 1.54) is 10.9 Å². The summed E-state index contributed by atoms with van der Waals surface area (Å²) in [5.74, 6) is -0.329. The summed E-state index contributed by atoms with van der Waals surface area (Å²) in [5, 5.41) is 13.9. The molecule has 0 aliphatic heterocycles. The maximum absolute atomic E-state index is 10.3. The Labute approximate surface area is 85.2 Å². The number of hydrogen-bond donors (Lipinski definition) is 1. The predicted molar refractivity (Wildman–Crippen MR) is 50.2 cm³/mol. The third-order valence-corrected chi connectivity index (χ3v) is 1.50. The summed E-state index contributed by atoms with van der Waals surface area (Å²) in [6.45, 7) is 0.794. The average molecular weight is 227 g/mol. The van der Waals surface area contributed by atoms with Crippen LogP contribution in [0.2, 0.25) is 5.02 Å². The van der Waals surface area contributed by atoms with E-state index in [1.54, 1.807) is 0 Å². The maximum atomic E-state index is 10.3. The van der Waals surface area contributed by atoms with Crippen molar-refractivity contribution in [1.82, 2.24) is 9.78 Å². The molecule has 0 amide bonds. The second kappa shape index (κ2) is 5.00. The van der Waals surface area contributed by atoms with Gasteiger partial charge < -0.3 is 15.8 Å². The zero-order valence-corrected chi connectivity index (χ0v) is 8.09. The van der Waals surface area contributed by atoms with Crippen molar-refractivity contribution in [3.05, 3.63) is 21.3 Å². The van der Waals surface area contributed by atoms with Crippen LogP contribution in [0.25, 0.3) is 0 Å². The summed E-state index contributed by atoms with van der Waals surface area (Å²) in [4.78, 5) is 9.62. The van der Waals surface area contributed by atoms with Gasteiger partial charge in [-0.3, -0.25) is 0 Å². The minimum absolute atomic E-state index is 0. The Morgan fingerprint density at radius 3 is 2.77 bits per heavy atom. The molecule has 0 saturated heterocycles. The van der Waals surface area contributed by atoms with Crippen molar-refractivity contribution in [3.63, 3.8) is 0 Å². The Hall–Kier alpha value is -0.850. The molecule has 0 aromatic carbocycles. The van der Waals surface area contributed by atoms with Crippen molar-refractivity contribution in [3.8, 4) is 0 Å². The number of hydrogen-bond acceptors (Lipinski definition) is 4. The molecular formula is C5H8Cl2N4O2. The van der Waals surface area contributed by atoms with Gasteiger partial charge in [-0.15, -0.1) is 12.4 Å². The predicted octanol–water partition coefficient (Wildman–Crippen LogP) is 0.825. The molecule has 1 heterocycles. The molecule has 6 nitrogen and oxygen atoms in total. The van der Waals surface area contributed by atoms with Crippen LogP contribution in [-0.2, 0) is 6.54 Å². The van der Waals surface area contributed by atoms with E-state index in [-0.39, 0.29) is 23.2 Å². The first kappa shape index (κ1) is 12.2. The van der Waals surface area contributed by atoms with E-state index >= 15 is 0 Å². The monoisotopic (exact) mass is 226 g/mol. The first-order chi connectivity index (χ1) is 5.65. The molecule has 13 heavy (non-hydrogen) atoms. The third-order valence-electron chi connectivity index (χ3n) is 1.23. The van der Waals surface area contributed by atoms with Gasteiger partial charge in [-0.25, -0.2) is 0 Å². The summed E-state index contributed by atoms with van der Waals surface area (Å²) >= 11 is 5.51. The van der Waals surface area contributed by atoms with Crippen molar-refractivity contribution >= 4 is 29.8 Å². The quantitative estimate of drug-likeness (QED) is 0.611. The molecule has 0 atom stereocenters. The lowest BCUT2D eigenvalue weighted by Gasteiger charge is -1.88. The molecule has 8 heteroatoms. The Morgan fingerprint density at radius 1 is 1.77 bits per heavy atom. The normalized spacial score (nSPS) is 9.38. The molecule has 0 unspecified atom stereocenters. The molecule has 0 fully saturated rings. The molecule has 74 valence electrons. The smallest absolute Gasteiger partial charge is 0.358 e. The van der Waals surface area contributed by atoms with E-state index in [0.717, 1.165) is 0 Å². The molecule has 2 N–H and O–H groups in total. The van der Waals surface area contributed by atoms with Gasteiger partial charge in [-0.05, 0) is 4.92 Å². The van der Waals surface area contributed by atoms with Crippen LogP contribution < -0.4 is 5.73 Å². The summed E-state index contributed by atoms with van der Waals surface area (Å²) in [5.41, 5.74) is 5.22. The van der Waals surface area contributed by atoms with Crippen molar-refractivity contribution in [2.24, 2.45) is 5.73 Å². The highest BCUT2D eigenvalue weighted by molar-refractivity contribution is 6.32. The lowest BCUT2D eigenvalue weighted by Crippen LogP contribution is -2.10. The number of aromatic nitrogens is 2. The average Bonchev–Trinajstić information content (AvgIpc) is 2.32. The standard InChI is InChI=1S/C5H7ClN4O2.ClH/c6-4-3-9(2-1-7)8-5(4)10(11)12;/h3H,1-2,7H2;1H. The third kappa shape index (κ3) is 2.83. The van der Waals surface area contributed by atoms with Gasteiger partial charge in [0, 0.05) is 6.54 Å². The summed E-state index contributed by atoms with van der Waals surface area (Å²) in [6, 6.07) is 0. The molecule has 1 aromatic heterocycles. The Morgan fingerprint density at radius 2 is 2.38 bits per heavy atom. The van der Waals surface area contributed by atoms with Crippen LogP contribution in [0.1, 0.15) is 0 Å². The highest BCUT2D eigenvalue weighted by Gasteiger charge is 2.17. The Balaban J connectivity index is 0.00000144. The molecule has 0 aliphatic carbocycles. The molecule has 0 spiro atoms. The van der Waals surface area contributed by atoms with Crippen molar-refractivity contribution < 1.29 is 4.92 Å². The lowest BCUT2D eigenvalue weighted by atomic mass is 10.6. The van der Waals surface area contributed by atoms with Gasteiger partial charge in [0.05, 0.1) is 17.8 Å². The highest BCUT2D eigenvalue weighted by atomic mass is 35.5. The molecule has 1 aromatic rings. The zero-order valence-electron chi connectivity index (χ0n) is 6.51. The molecule has 0 aliphatic rings. The number of nitrogens with zero attached hydrogens (tertiary/aromatic N) is 3. The summed E-state index contributed by atoms with van der Waals surface area (Å²) in [6.07, 6.45) is 1.38. The van der Waals surface area contributed by atoms with Crippen LogP contribution in [0.15, 0.2) is 6.20 Å². The van der Waals surface area contributed by atoms with Gasteiger partial charge in [0.1, 0.15) is 0 Å². The van der Waals surface area contributed by atoms with Gasteiger partial charge in [0.15, 0.2) is 5.02 Å². The second-order valence-corrected chi connectivity index (χ2v) is 2.52.